The van der Waals surface area contributed by atoms with Gasteiger partial charge in [-0.15, -0.1) is 0 Å². The van der Waals surface area contributed by atoms with Gasteiger partial charge in [0.2, 0.25) is 5.91 Å². The molecule has 9 heteroatoms. The molecule has 0 spiro atoms. The number of aliphatic hydroxyl groups is 1. The van der Waals surface area contributed by atoms with E-state index in [0.29, 0.717) is 17.4 Å². The summed E-state index contributed by atoms with van der Waals surface area (Å²) in [5.74, 6) is -0.208. The molecule has 3 atom stereocenters. The van der Waals surface area contributed by atoms with Gasteiger partial charge in [0.25, 0.3) is 7.82 Å². The Morgan fingerprint density at radius 3 is 1.12 bits per heavy atom. The molecule has 0 aliphatic carbocycles. The zero-order chi connectivity index (χ0) is 60.5. The quantitative estimate of drug-likeness (QED) is 0.0272. The number of hydrogen-bond acceptors (Lipinski definition) is 6. The minimum atomic E-state index is -4.61. The van der Waals surface area contributed by atoms with Gasteiger partial charge in [-0.3, -0.25) is 9.36 Å². The van der Waals surface area contributed by atoms with Crippen LogP contribution in [0.5, 0.6) is 0 Å². The number of likely N-dealkylation sites (N-methyl/N-ethyl adjacent to an activating group) is 1. The first-order chi connectivity index (χ1) is 40.5. The fourth-order valence-corrected chi connectivity index (χ4v) is 10.3. The molecule has 0 rings (SSSR count). The number of allylic oxidation sites excluding steroid dienone is 19. The second kappa shape index (κ2) is 63.4. The fraction of sp³-hybridized carbons (Fsp3) is 0.716. The molecular weight excluding hydrogens is 1040 g/mol. The maximum atomic E-state index is 13.0. The highest BCUT2D eigenvalue weighted by Gasteiger charge is 2.23. The van der Waals surface area contributed by atoms with Crippen molar-refractivity contribution in [2.75, 3.05) is 40.9 Å². The molecule has 83 heavy (non-hydrogen) atoms. The number of amides is 1. The van der Waals surface area contributed by atoms with Crippen LogP contribution in [0, 0.1) is 0 Å². The van der Waals surface area contributed by atoms with Crippen molar-refractivity contribution in [2.45, 2.75) is 302 Å². The van der Waals surface area contributed by atoms with E-state index >= 15 is 0 Å². The normalized spacial score (nSPS) is 14.4. The van der Waals surface area contributed by atoms with E-state index in [9.17, 15) is 19.4 Å². The summed E-state index contributed by atoms with van der Waals surface area (Å²) in [4.78, 5) is 25.6. The third-order valence-corrected chi connectivity index (χ3v) is 15.9. The van der Waals surface area contributed by atoms with Gasteiger partial charge in [-0.2, -0.15) is 0 Å². The molecule has 0 aromatic heterocycles. The van der Waals surface area contributed by atoms with Crippen LogP contribution >= 0.6 is 7.82 Å². The molecule has 0 aromatic rings. The van der Waals surface area contributed by atoms with Crippen molar-refractivity contribution in [3.05, 3.63) is 122 Å². The Bertz CT molecular complexity index is 1770. The largest absolute Gasteiger partial charge is 0.756 e. The first kappa shape index (κ1) is 79.9. The first-order valence-corrected chi connectivity index (χ1v) is 35.9. The Kier molecular flexibility index (Phi) is 61.0. The van der Waals surface area contributed by atoms with Crippen molar-refractivity contribution in [3.63, 3.8) is 0 Å². The average molecular weight is 1180 g/mol. The molecule has 2 N–H and O–H groups in total. The predicted octanol–water partition coefficient (Wildman–Crippen LogP) is 21.4. The van der Waals surface area contributed by atoms with Gasteiger partial charge in [-0.1, -0.05) is 309 Å². The number of phosphoric ester groups is 1. The number of phosphoric acid groups is 1. The van der Waals surface area contributed by atoms with E-state index in [1.165, 1.54) is 180 Å². The lowest BCUT2D eigenvalue weighted by Crippen LogP contribution is -2.45. The van der Waals surface area contributed by atoms with Crippen molar-refractivity contribution >= 4 is 13.7 Å². The highest BCUT2D eigenvalue weighted by atomic mass is 31.2. The van der Waals surface area contributed by atoms with Crippen LogP contribution in [0.1, 0.15) is 290 Å². The van der Waals surface area contributed by atoms with E-state index in [4.69, 9.17) is 9.05 Å². The molecule has 0 aliphatic rings. The van der Waals surface area contributed by atoms with Crippen molar-refractivity contribution in [3.8, 4) is 0 Å². The van der Waals surface area contributed by atoms with Crippen LogP contribution in [0.3, 0.4) is 0 Å². The van der Waals surface area contributed by atoms with E-state index in [2.05, 4.69) is 129 Å². The number of aliphatic hydroxyl groups excluding tert-OH is 1. The van der Waals surface area contributed by atoms with E-state index in [1.807, 2.05) is 27.2 Å². The van der Waals surface area contributed by atoms with Crippen LogP contribution in [-0.2, 0) is 18.4 Å². The topological polar surface area (TPSA) is 108 Å². The summed E-state index contributed by atoms with van der Waals surface area (Å²) in [5.41, 5.74) is 0. The number of rotatable bonds is 62. The Morgan fingerprint density at radius 1 is 0.434 bits per heavy atom. The zero-order valence-corrected chi connectivity index (χ0v) is 55.5. The summed E-state index contributed by atoms with van der Waals surface area (Å²) in [6.45, 7) is 4.53. The second-order valence-electron chi connectivity index (χ2n) is 24.1. The van der Waals surface area contributed by atoms with Crippen molar-refractivity contribution in [1.29, 1.82) is 0 Å². The summed E-state index contributed by atoms with van der Waals surface area (Å²) in [6, 6.07) is -0.910. The minimum Gasteiger partial charge on any atom is -0.756 e. The minimum absolute atomic E-state index is 0.00963. The molecule has 1 amide bonds. The van der Waals surface area contributed by atoms with Crippen molar-refractivity contribution in [1.82, 2.24) is 5.32 Å². The Hall–Kier alpha value is -3.10. The van der Waals surface area contributed by atoms with E-state index < -0.39 is 26.6 Å². The van der Waals surface area contributed by atoms with Gasteiger partial charge in [0.05, 0.1) is 39.9 Å². The smallest absolute Gasteiger partial charge is 0.268 e. The molecule has 3 unspecified atom stereocenters. The van der Waals surface area contributed by atoms with Crippen LogP contribution in [-0.4, -0.2) is 68.5 Å². The van der Waals surface area contributed by atoms with Crippen molar-refractivity contribution in [2.24, 2.45) is 0 Å². The average Bonchev–Trinajstić information content (AvgIpc) is 3.49. The molecule has 0 aromatic carbocycles. The summed E-state index contributed by atoms with van der Waals surface area (Å²) in [6.07, 6.45) is 94.6. The number of carbonyl (C=O) groups is 1. The molecule has 0 radical (unpaired) electrons. The van der Waals surface area contributed by atoms with Crippen LogP contribution in [0.25, 0.3) is 0 Å². The van der Waals surface area contributed by atoms with Gasteiger partial charge in [-0.25, -0.2) is 0 Å². The Labute approximate surface area is 514 Å². The number of carbonyl (C=O) groups excluding carboxylic acids is 1. The van der Waals surface area contributed by atoms with E-state index in [0.717, 1.165) is 89.9 Å². The maximum absolute atomic E-state index is 13.0. The maximum Gasteiger partial charge on any atom is 0.268 e. The summed E-state index contributed by atoms with van der Waals surface area (Å²) in [7, 11) is 1.24. The lowest BCUT2D eigenvalue weighted by atomic mass is 10.0. The number of nitrogens with zero attached hydrogens (tertiary/aromatic N) is 1. The molecule has 8 nitrogen and oxygen atoms in total. The number of unbranched alkanes of at least 4 members (excludes halogenated alkanes) is 31. The molecule has 0 bridgehead atoms. The van der Waals surface area contributed by atoms with E-state index in [1.54, 1.807) is 6.08 Å². The SMILES string of the molecule is CC/C=C\C/C=C\C/C=C\C/C=C\C/C=C\C/C=C\C/C=C\C/C=C\CCCCCCCCCCCCCCCCCCC(=O)NC(COP(=O)([O-])OCC[N+](C)(C)C)C(O)/C=C/CC/C=C/CCCCCCCCCCCCCCCC. The molecule has 0 heterocycles. The lowest BCUT2D eigenvalue weighted by Gasteiger charge is -2.29. The number of nitrogens with one attached hydrogen (secondary N) is 1. The summed E-state index contributed by atoms with van der Waals surface area (Å²) < 4.78 is 23.4. The van der Waals surface area contributed by atoms with Gasteiger partial charge in [0.1, 0.15) is 13.2 Å². The molecule has 0 saturated heterocycles. The van der Waals surface area contributed by atoms with Gasteiger partial charge in [0, 0.05) is 6.42 Å². The summed E-state index contributed by atoms with van der Waals surface area (Å²) >= 11 is 0. The number of quaternary nitrogens is 1. The number of hydrogen-bond donors (Lipinski definition) is 2. The van der Waals surface area contributed by atoms with Crippen molar-refractivity contribution < 1.29 is 32.9 Å². The fourth-order valence-electron chi connectivity index (χ4n) is 9.60. The van der Waals surface area contributed by atoms with Gasteiger partial charge >= 0.3 is 0 Å². The van der Waals surface area contributed by atoms with Crippen LogP contribution in [0.15, 0.2) is 122 Å². The van der Waals surface area contributed by atoms with Gasteiger partial charge in [-0.05, 0) is 96.3 Å². The molecular formula is C74H131N2O6P. The third kappa shape index (κ3) is 66.3. The van der Waals surface area contributed by atoms with Crippen LogP contribution in [0.4, 0.5) is 0 Å². The van der Waals surface area contributed by atoms with E-state index in [-0.39, 0.29) is 12.5 Å². The third-order valence-electron chi connectivity index (χ3n) is 14.9. The standard InChI is InChI=1S/C74H131N2O6P/c1-6-8-10-12-14-16-18-20-22-24-26-28-29-30-31-32-33-34-35-36-37-38-39-40-41-42-43-44-45-46-47-48-50-52-54-56-58-60-62-64-66-68-74(78)75-72(71-82-83(79,80)81-70-69-76(3,4)5)73(77)67-65-63-61-59-57-55-53-51-49-27-25-23-21-19-17-15-13-11-9-7-2/h8,10,14,16,20,22,26,28,30-31,33-34,36-37,39-40,57,59,65,67,72-73,77H,6-7,9,11-13,15,17-19,21,23-25,27,29,32,35,38,41-56,58,60-64,66,68-71H2,1-5H3,(H-,75,78,79,80)/b10-8-,16-14-,22-20-,28-26-,31-30-,34-33-,37-36-,40-39-,59-57+,67-65+. The predicted molar refractivity (Wildman–Crippen MR) is 362 cm³/mol. The van der Waals surface area contributed by atoms with Crippen LogP contribution < -0.4 is 10.2 Å². The van der Waals surface area contributed by atoms with Gasteiger partial charge in [0.15, 0.2) is 0 Å². The van der Waals surface area contributed by atoms with Gasteiger partial charge < -0.3 is 28.8 Å². The zero-order valence-electron chi connectivity index (χ0n) is 54.6. The lowest BCUT2D eigenvalue weighted by molar-refractivity contribution is -0.870. The molecule has 0 saturated carbocycles. The highest BCUT2D eigenvalue weighted by Crippen LogP contribution is 2.38. The second-order valence-corrected chi connectivity index (χ2v) is 25.6. The molecule has 0 fully saturated rings. The molecule has 478 valence electrons. The monoisotopic (exact) mass is 1170 g/mol. The first-order valence-electron chi connectivity index (χ1n) is 34.4. The Morgan fingerprint density at radius 2 is 0.747 bits per heavy atom. The summed E-state index contributed by atoms with van der Waals surface area (Å²) in [5, 5.41) is 13.9. The molecule has 0 aliphatic heterocycles. The highest BCUT2D eigenvalue weighted by molar-refractivity contribution is 7.45. The van der Waals surface area contributed by atoms with Crippen LogP contribution in [0.2, 0.25) is 0 Å². The Balaban J connectivity index is 4.05.